The van der Waals surface area contributed by atoms with Crippen molar-refractivity contribution in [3.05, 3.63) is 23.3 Å². The van der Waals surface area contributed by atoms with Crippen LogP contribution in [0.1, 0.15) is 76.2 Å². The van der Waals surface area contributed by atoms with Crippen LogP contribution in [0.4, 0.5) is 0 Å². The van der Waals surface area contributed by atoms with Gasteiger partial charge in [-0.05, 0) is 55.0 Å². The number of carbonyl (C=O) groups excluding carboxylic acids is 2. The number of carbonyl (C=O) groups is 2. The van der Waals surface area contributed by atoms with Gasteiger partial charge in [-0.3, -0.25) is 4.79 Å². The van der Waals surface area contributed by atoms with Crippen LogP contribution in [-0.2, 0) is 18.8 Å². The number of hydrogen-bond acceptors (Lipinski definition) is 7. The third kappa shape index (κ3) is 3.91. The predicted octanol–water partition coefficient (Wildman–Crippen LogP) is 3.93. The van der Waals surface area contributed by atoms with Crippen LogP contribution >= 0.6 is 0 Å². The van der Waals surface area contributed by atoms with Crippen molar-refractivity contribution in [2.75, 3.05) is 13.7 Å². The average Bonchev–Trinajstić information content (AvgIpc) is 3.10. The standard InChI is InChI=1S/C26H36BNO7/c1-14(29)28-13-15(12-27-34-20-11-16-10-19(24(16,2)3)26(20,6)35-27)17-8-9-18(31-7)21-22(17)32-25(4,5)33-23(21)30/h8-9,15-16,19-20H,10-13H2,1-7H3,(H,28,29)/t15?,16?,19?,20?,26-/m0/s1. The van der Waals surface area contributed by atoms with E-state index in [0.717, 1.165) is 12.0 Å². The summed E-state index contributed by atoms with van der Waals surface area (Å²) in [6, 6.07) is 3.63. The minimum Gasteiger partial charge on any atom is -0.496 e. The fourth-order valence-electron chi connectivity index (χ4n) is 6.79. The van der Waals surface area contributed by atoms with Gasteiger partial charge in [0.15, 0.2) is 0 Å². The number of fused-ring (bicyclic) bond motifs is 1. The molecule has 35 heavy (non-hydrogen) atoms. The van der Waals surface area contributed by atoms with Crippen LogP contribution in [0.5, 0.6) is 11.5 Å². The Kier molecular flexibility index (Phi) is 5.68. The minimum absolute atomic E-state index is 0.0700. The first-order chi connectivity index (χ1) is 16.4. The summed E-state index contributed by atoms with van der Waals surface area (Å²) in [7, 11) is 1.09. The lowest BCUT2D eigenvalue weighted by Gasteiger charge is -2.64. The molecule has 1 aromatic rings. The highest BCUT2D eigenvalue weighted by Gasteiger charge is 2.67. The van der Waals surface area contributed by atoms with Crippen molar-refractivity contribution in [3.8, 4) is 11.5 Å². The summed E-state index contributed by atoms with van der Waals surface area (Å²) in [5, 5.41) is 2.93. The molecule has 0 aromatic heterocycles. The van der Waals surface area contributed by atoms with Crippen LogP contribution in [0, 0.1) is 17.3 Å². The van der Waals surface area contributed by atoms with Gasteiger partial charge >= 0.3 is 13.1 Å². The number of hydrogen-bond donors (Lipinski definition) is 1. The van der Waals surface area contributed by atoms with E-state index >= 15 is 0 Å². The normalized spacial score (nSPS) is 32.4. The smallest absolute Gasteiger partial charge is 0.458 e. The molecule has 6 rings (SSSR count). The van der Waals surface area contributed by atoms with E-state index in [1.54, 1.807) is 19.9 Å². The second kappa shape index (κ2) is 8.13. The molecular formula is C26H36BNO7. The second-order valence-electron chi connectivity index (χ2n) is 11.7. The molecule has 5 aliphatic rings. The van der Waals surface area contributed by atoms with Crippen LogP contribution in [0.15, 0.2) is 12.1 Å². The van der Waals surface area contributed by atoms with Gasteiger partial charge in [0.05, 0.1) is 18.8 Å². The predicted molar refractivity (Wildman–Crippen MR) is 129 cm³/mol. The average molecular weight is 485 g/mol. The van der Waals surface area contributed by atoms with Crippen LogP contribution < -0.4 is 14.8 Å². The zero-order valence-electron chi connectivity index (χ0n) is 21.7. The van der Waals surface area contributed by atoms with Crippen molar-refractivity contribution < 1.29 is 33.1 Å². The highest BCUT2D eigenvalue weighted by Crippen LogP contribution is 2.66. The Morgan fingerprint density at radius 1 is 1.20 bits per heavy atom. The van der Waals surface area contributed by atoms with E-state index in [2.05, 4.69) is 26.1 Å². The lowest BCUT2D eigenvalue weighted by atomic mass is 9.43. The first-order valence-electron chi connectivity index (χ1n) is 12.6. The van der Waals surface area contributed by atoms with Crippen LogP contribution in [0.25, 0.3) is 0 Å². The van der Waals surface area contributed by atoms with Gasteiger partial charge in [0.2, 0.25) is 11.7 Å². The van der Waals surface area contributed by atoms with Crippen LogP contribution in [-0.4, -0.2) is 50.1 Å². The minimum atomic E-state index is -1.13. The van der Waals surface area contributed by atoms with Gasteiger partial charge in [-0.15, -0.1) is 0 Å². The number of benzene rings is 1. The van der Waals surface area contributed by atoms with E-state index in [-0.39, 0.29) is 34.5 Å². The summed E-state index contributed by atoms with van der Waals surface area (Å²) in [4.78, 5) is 24.7. The summed E-state index contributed by atoms with van der Waals surface area (Å²) < 4.78 is 30.2. The van der Waals surface area contributed by atoms with Gasteiger partial charge in [0.1, 0.15) is 17.1 Å². The van der Waals surface area contributed by atoms with Crippen molar-refractivity contribution in [1.82, 2.24) is 5.32 Å². The molecule has 190 valence electrons. The number of ether oxygens (including phenoxy) is 3. The number of cyclic esters (lactones) is 1. The molecule has 4 unspecified atom stereocenters. The van der Waals surface area contributed by atoms with Crippen molar-refractivity contribution in [1.29, 1.82) is 0 Å². The summed E-state index contributed by atoms with van der Waals surface area (Å²) in [6.45, 7) is 12.1. The Morgan fingerprint density at radius 2 is 1.94 bits per heavy atom. The van der Waals surface area contributed by atoms with E-state index in [1.165, 1.54) is 20.5 Å². The molecule has 2 bridgehead atoms. The van der Waals surface area contributed by atoms with E-state index in [0.29, 0.717) is 36.2 Å². The zero-order chi connectivity index (χ0) is 25.3. The Morgan fingerprint density at radius 3 is 2.60 bits per heavy atom. The van der Waals surface area contributed by atoms with Gasteiger partial charge < -0.3 is 28.8 Å². The Hall–Kier alpha value is -2.26. The molecule has 9 heteroatoms. The van der Waals surface area contributed by atoms with Crippen molar-refractivity contribution in [2.45, 2.75) is 84.1 Å². The quantitative estimate of drug-likeness (QED) is 0.482. The number of nitrogens with one attached hydrogen (secondary N) is 1. The van der Waals surface area contributed by atoms with E-state index in [4.69, 9.17) is 23.5 Å². The fraction of sp³-hybridized carbons (Fsp3) is 0.692. The molecule has 2 heterocycles. The molecule has 1 aromatic carbocycles. The maximum Gasteiger partial charge on any atom is 0.458 e. The molecule has 4 fully saturated rings. The molecule has 1 amide bonds. The Bertz CT molecular complexity index is 1060. The number of amides is 1. The van der Waals surface area contributed by atoms with E-state index in [9.17, 15) is 9.59 Å². The fourth-order valence-corrected chi connectivity index (χ4v) is 6.79. The SMILES string of the molecule is COc1ccc(C(CNC(C)=O)CB2OC3CC4CC(C4(C)C)[C@]3(C)O2)c2c1C(=O)OC(C)(C)O2. The van der Waals surface area contributed by atoms with Gasteiger partial charge in [0, 0.05) is 33.2 Å². The van der Waals surface area contributed by atoms with E-state index in [1.807, 2.05) is 6.07 Å². The summed E-state index contributed by atoms with van der Waals surface area (Å²) in [5.74, 6) is -0.0290. The topological polar surface area (TPSA) is 92.3 Å². The zero-order valence-corrected chi connectivity index (χ0v) is 21.7. The molecule has 2 aliphatic heterocycles. The Balaban J connectivity index is 1.46. The maximum absolute atomic E-state index is 12.9. The van der Waals surface area contributed by atoms with Crippen LogP contribution in [0.2, 0.25) is 6.32 Å². The van der Waals surface area contributed by atoms with Gasteiger partial charge in [-0.1, -0.05) is 19.9 Å². The lowest BCUT2D eigenvalue weighted by Crippen LogP contribution is -2.65. The molecule has 5 atom stereocenters. The first kappa shape index (κ1) is 24.4. The third-order valence-electron chi connectivity index (χ3n) is 8.78. The molecule has 0 spiro atoms. The van der Waals surface area contributed by atoms with Gasteiger partial charge in [0.25, 0.3) is 0 Å². The van der Waals surface area contributed by atoms with Crippen LogP contribution in [0.3, 0.4) is 0 Å². The molecule has 1 N–H and O–H groups in total. The highest BCUT2D eigenvalue weighted by molar-refractivity contribution is 6.45. The van der Waals surface area contributed by atoms with Gasteiger partial charge in [-0.25, -0.2) is 4.79 Å². The highest BCUT2D eigenvalue weighted by atomic mass is 16.7. The third-order valence-corrected chi connectivity index (χ3v) is 8.78. The number of methoxy groups -OCH3 is 1. The summed E-state index contributed by atoms with van der Waals surface area (Å²) >= 11 is 0. The summed E-state index contributed by atoms with van der Waals surface area (Å²) in [6.07, 6.45) is 2.78. The molecule has 0 radical (unpaired) electrons. The molecule has 3 aliphatic carbocycles. The monoisotopic (exact) mass is 485 g/mol. The van der Waals surface area contributed by atoms with Crippen molar-refractivity contribution >= 4 is 19.0 Å². The first-order valence-corrected chi connectivity index (χ1v) is 12.6. The second-order valence-corrected chi connectivity index (χ2v) is 11.7. The van der Waals surface area contributed by atoms with Crippen molar-refractivity contribution in [2.24, 2.45) is 17.3 Å². The molecular weight excluding hydrogens is 449 g/mol. The lowest BCUT2D eigenvalue weighted by molar-refractivity contribution is -0.199. The number of esters is 1. The van der Waals surface area contributed by atoms with E-state index < -0.39 is 18.9 Å². The maximum atomic E-state index is 12.9. The molecule has 1 saturated heterocycles. The molecule has 3 saturated carbocycles. The van der Waals surface area contributed by atoms with Gasteiger partial charge in [-0.2, -0.15) is 0 Å². The Labute approximate surface area is 207 Å². The number of rotatable bonds is 6. The molecule has 8 nitrogen and oxygen atoms in total. The van der Waals surface area contributed by atoms with Crippen molar-refractivity contribution in [3.63, 3.8) is 0 Å². The summed E-state index contributed by atoms with van der Waals surface area (Å²) in [5.41, 5.74) is 0.988. The largest absolute Gasteiger partial charge is 0.496 e.